The van der Waals surface area contributed by atoms with Crippen LogP contribution in [0.2, 0.25) is 0 Å². The second kappa shape index (κ2) is 5.11. The van der Waals surface area contributed by atoms with E-state index in [4.69, 9.17) is 0 Å². The van der Waals surface area contributed by atoms with E-state index in [0.717, 1.165) is 10.0 Å². The zero-order valence-electron chi connectivity index (χ0n) is 8.33. The lowest BCUT2D eigenvalue weighted by Gasteiger charge is -1.97. The van der Waals surface area contributed by atoms with E-state index >= 15 is 0 Å². The topological polar surface area (TPSA) is 17.1 Å². The fourth-order valence-corrected chi connectivity index (χ4v) is 1.21. The molecule has 0 aromatic heterocycles. The first-order chi connectivity index (χ1) is 6.59. The van der Waals surface area contributed by atoms with Crippen LogP contribution in [0.15, 0.2) is 34.8 Å². The van der Waals surface area contributed by atoms with E-state index in [2.05, 4.69) is 15.9 Å². The van der Waals surface area contributed by atoms with Gasteiger partial charge in [-0.05, 0) is 23.8 Å². The maximum atomic E-state index is 11.3. The number of carbonyl (C=O) groups is 1. The first-order valence-corrected chi connectivity index (χ1v) is 5.36. The largest absolute Gasteiger partial charge is 0.295 e. The van der Waals surface area contributed by atoms with Crippen molar-refractivity contribution in [2.45, 2.75) is 13.8 Å². The van der Waals surface area contributed by atoms with Crippen LogP contribution in [-0.2, 0) is 4.79 Å². The minimum Gasteiger partial charge on any atom is -0.295 e. The summed E-state index contributed by atoms with van der Waals surface area (Å²) >= 11 is 3.36. The van der Waals surface area contributed by atoms with Gasteiger partial charge >= 0.3 is 0 Å². The minimum atomic E-state index is 0.0710. The van der Waals surface area contributed by atoms with Gasteiger partial charge in [0, 0.05) is 10.4 Å². The number of carbonyl (C=O) groups excluding carboxylic acids is 1. The van der Waals surface area contributed by atoms with E-state index in [1.54, 1.807) is 6.08 Å². The highest BCUT2D eigenvalue weighted by molar-refractivity contribution is 9.10. The second-order valence-corrected chi connectivity index (χ2v) is 4.36. The van der Waals surface area contributed by atoms with Gasteiger partial charge in [0.05, 0.1) is 0 Å². The Hall–Kier alpha value is -0.890. The molecule has 0 amide bonds. The third-order valence-electron chi connectivity index (χ3n) is 1.88. The Balaban J connectivity index is 2.69. The third-order valence-corrected chi connectivity index (χ3v) is 2.41. The average molecular weight is 253 g/mol. The van der Waals surface area contributed by atoms with Crippen molar-refractivity contribution in [1.29, 1.82) is 0 Å². The van der Waals surface area contributed by atoms with Gasteiger partial charge in [-0.25, -0.2) is 0 Å². The van der Waals surface area contributed by atoms with Gasteiger partial charge in [-0.2, -0.15) is 0 Å². The SMILES string of the molecule is CC(C)C(=O)/C=C\c1ccc(Br)cc1. The molecule has 0 bridgehead atoms. The van der Waals surface area contributed by atoms with Gasteiger partial charge < -0.3 is 0 Å². The highest BCUT2D eigenvalue weighted by atomic mass is 79.9. The predicted molar refractivity (Wildman–Crippen MR) is 63.0 cm³/mol. The molecule has 1 aromatic rings. The maximum absolute atomic E-state index is 11.3. The number of hydrogen-bond donors (Lipinski definition) is 0. The lowest BCUT2D eigenvalue weighted by Crippen LogP contribution is -2.01. The number of allylic oxidation sites excluding steroid dienone is 1. The number of hydrogen-bond acceptors (Lipinski definition) is 1. The number of halogens is 1. The molecule has 0 saturated carbocycles. The molecule has 0 unspecified atom stereocenters. The number of rotatable bonds is 3. The summed E-state index contributed by atoms with van der Waals surface area (Å²) in [5, 5.41) is 0. The van der Waals surface area contributed by atoms with Crippen molar-refractivity contribution in [2.24, 2.45) is 5.92 Å². The minimum absolute atomic E-state index is 0.0710. The van der Waals surface area contributed by atoms with E-state index in [9.17, 15) is 4.79 Å². The summed E-state index contributed by atoms with van der Waals surface area (Å²) in [4.78, 5) is 11.3. The molecule has 0 N–H and O–H groups in total. The molecule has 1 rings (SSSR count). The first-order valence-electron chi connectivity index (χ1n) is 4.57. The molecule has 0 heterocycles. The standard InChI is InChI=1S/C12H13BrO/c1-9(2)12(14)8-5-10-3-6-11(13)7-4-10/h3-9H,1-2H3/b8-5-. The van der Waals surface area contributed by atoms with Gasteiger partial charge in [-0.15, -0.1) is 0 Å². The van der Waals surface area contributed by atoms with Crippen molar-refractivity contribution in [3.8, 4) is 0 Å². The van der Waals surface area contributed by atoms with Crippen LogP contribution in [0.3, 0.4) is 0 Å². The van der Waals surface area contributed by atoms with E-state index < -0.39 is 0 Å². The lowest BCUT2D eigenvalue weighted by molar-refractivity contribution is -0.117. The fraction of sp³-hybridized carbons (Fsp3) is 0.250. The Morgan fingerprint density at radius 1 is 1.29 bits per heavy atom. The first kappa shape index (κ1) is 11.2. The molecule has 2 heteroatoms. The molecule has 0 aliphatic rings. The van der Waals surface area contributed by atoms with E-state index in [-0.39, 0.29) is 11.7 Å². The van der Waals surface area contributed by atoms with Crippen molar-refractivity contribution in [1.82, 2.24) is 0 Å². The van der Waals surface area contributed by atoms with Gasteiger partial charge in [0.15, 0.2) is 5.78 Å². The molecular formula is C12H13BrO. The Kier molecular flexibility index (Phi) is 4.08. The van der Waals surface area contributed by atoms with Gasteiger partial charge in [-0.3, -0.25) is 4.79 Å². The van der Waals surface area contributed by atoms with Crippen LogP contribution in [0.1, 0.15) is 19.4 Å². The number of ketones is 1. The van der Waals surface area contributed by atoms with Crippen LogP contribution >= 0.6 is 15.9 Å². The van der Waals surface area contributed by atoms with E-state index in [1.807, 2.05) is 44.2 Å². The summed E-state index contributed by atoms with van der Waals surface area (Å²) in [7, 11) is 0. The molecule has 0 saturated heterocycles. The molecular weight excluding hydrogens is 240 g/mol. The molecule has 0 fully saturated rings. The fourth-order valence-electron chi connectivity index (χ4n) is 0.945. The molecule has 0 radical (unpaired) electrons. The van der Waals surface area contributed by atoms with Crippen molar-refractivity contribution in [3.05, 3.63) is 40.4 Å². The van der Waals surface area contributed by atoms with Crippen molar-refractivity contribution in [3.63, 3.8) is 0 Å². The molecule has 0 spiro atoms. The third kappa shape index (κ3) is 3.46. The highest BCUT2D eigenvalue weighted by Gasteiger charge is 2.00. The van der Waals surface area contributed by atoms with Gasteiger partial charge in [-0.1, -0.05) is 48.0 Å². The summed E-state index contributed by atoms with van der Waals surface area (Å²) in [5.74, 6) is 0.231. The Labute approximate surface area is 93.0 Å². The van der Waals surface area contributed by atoms with Crippen LogP contribution < -0.4 is 0 Å². The Bertz CT molecular complexity index is 336. The van der Waals surface area contributed by atoms with Crippen LogP contribution in [0.4, 0.5) is 0 Å². The van der Waals surface area contributed by atoms with Gasteiger partial charge in [0.2, 0.25) is 0 Å². The van der Waals surface area contributed by atoms with Crippen molar-refractivity contribution < 1.29 is 4.79 Å². The molecule has 14 heavy (non-hydrogen) atoms. The molecule has 1 aromatic carbocycles. The highest BCUT2D eigenvalue weighted by Crippen LogP contribution is 2.11. The second-order valence-electron chi connectivity index (χ2n) is 3.44. The van der Waals surface area contributed by atoms with Crippen LogP contribution in [0.5, 0.6) is 0 Å². The smallest absolute Gasteiger partial charge is 0.158 e. The monoisotopic (exact) mass is 252 g/mol. The van der Waals surface area contributed by atoms with Gasteiger partial charge in [0.25, 0.3) is 0 Å². The van der Waals surface area contributed by atoms with E-state index in [0.29, 0.717) is 0 Å². The quantitative estimate of drug-likeness (QED) is 0.751. The Morgan fingerprint density at radius 3 is 2.36 bits per heavy atom. The lowest BCUT2D eigenvalue weighted by atomic mass is 10.1. The van der Waals surface area contributed by atoms with E-state index in [1.165, 1.54) is 0 Å². The molecule has 0 atom stereocenters. The molecule has 74 valence electrons. The summed E-state index contributed by atoms with van der Waals surface area (Å²) in [5.41, 5.74) is 1.04. The van der Waals surface area contributed by atoms with Crippen molar-refractivity contribution >= 4 is 27.8 Å². The normalized spacial score (nSPS) is 11.1. The summed E-state index contributed by atoms with van der Waals surface area (Å²) in [6.45, 7) is 3.79. The zero-order valence-corrected chi connectivity index (χ0v) is 9.91. The van der Waals surface area contributed by atoms with Crippen LogP contribution in [0, 0.1) is 5.92 Å². The summed E-state index contributed by atoms with van der Waals surface area (Å²) < 4.78 is 1.05. The zero-order chi connectivity index (χ0) is 10.6. The number of benzene rings is 1. The Morgan fingerprint density at radius 2 is 1.86 bits per heavy atom. The van der Waals surface area contributed by atoms with Crippen molar-refractivity contribution in [2.75, 3.05) is 0 Å². The van der Waals surface area contributed by atoms with Gasteiger partial charge in [0.1, 0.15) is 0 Å². The molecule has 0 aliphatic carbocycles. The summed E-state index contributed by atoms with van der Waals surface area (Å²) in [6, 6.07) is 7.85. The molecule has 0 aliphatic heterocycles. The van der Waals surface area contributed by atoms with Crippen LogP contribution in [-0.4, -0.2) is 5.78 Å². The van der Waals surface area contributed by atoms with Crippen LogP contribution in [0.25, 0.3) is 6.08 Å². The average Bonchev–Trinajstić information content (AvgIpc) is 2.16. The molecule has 1 nitrogen and oxygen atoms in total. The maximum Gasteiger partial charge on any atom is 0.158 e. The predicted octanol–water partition coefficient (Wildman–Crippen LogP) is 3.69. The summed E-state index contributed by atoms with van der Waals surface area (Å²) in [6.07, 6.45) is 3.47.